The summed E-state index contributed by atoms with van der Waals surface area (Å²) in [6.07, 6.45) is 3.57. The molecule has 0 unspecified atom stereocenters. The van der Waals surface area contributed by atoms with E-state index >= 15 is 0 Å². The molecule has 1 fully saturated rings. The van der Waals surface area contributed by atoms with Crippen LogP contribution in [0.3, 0.4) is 0 Å². The molecule has 1 atom stereocenters. The van der Waals surface area contributed by atoms with Crippen molar-refractivity contribution in [3.63, 3.8) is 0 Å². The molecule has 0 bridgehead atoms. The standard InChI is InChI=1S/C15H13ClN2OS/c16-13-5-3-11(4-6-13)14(19)18-8-9-20-15(18)12-2-1-7-17-10-12/h1-7,10,15H,8-9H2/t15-/m1/s1. The number of carbonyl (C=O) groups is 1. The van der Waals surface area contributed by atoms with Gasteiger partial charge >= 0.3 is 0 Å². The summed E-state index contributed by atoms with van der Waals surface area (Å²) in [4.78, 5) is 18.6. The van der Waals surface area contributed by atoms with Crippen LogP contribution in [0.15, 0.2) is 48.8 Å². The van der Waals surface area contributed by atoms with Gasteiger partial charge in [-0.05, 0) is 30.3 Å². The van der Waals surface area contributed by atoms with Crippen LogP contribution in [0.1, 0.15) is 21.3 Å². The van der Waals surface area contributed by atoms with Gasteiger partial charge < -0.3 is 4.90 Å². The number of benzene rings is 1. The molecular weight excluding hydrogens is 292 g/mol. The highest BCUT2D eigenvalue weighted by molar-refractivity contribution is 7.99. The zero-order valence-corrected chi connectivity index (χ0v) is 12.3. The highest BCUT2D eigenvalue weighted by atomic mass is 35.5. The summed E-state index contributed by atoms with van der Waals surface area (Å²) in [7, 11) is 0. The van der Waals surface area contributed by atoms with Crippen LogP contribution in [0, 0.1) is 0 Å². The third-order valence-electron chi connectivity index (χ3n) is 3.21. The van der Waals surface area contributed by atoms with Crippen molar-refractivity contribution >= 4 is 29.3 Å². The average Bonchev–Trinajstić information content (AvgIpc) is 2.97. The van der Waals surface area contributed by atoms with E-state index in [0.29, 0.717) is 10.6 Å². The maximum atomic E-state index is 12.6. The minimum absolute atomic E-state index is 0.0421. The number of halogens is 1. The Labute approximate surface area is 127 Å². The summed E-state index contributed by atoms with van der Waals surface area (Å²) in [5.74, 6) is 0.985. The number of hydrogen-bond donors (Lipinski definition) is 0. The van der Waals surface area contributed by atoms with Crippen LogP contribution in [-0.4, -0.2) is 28.1 Å². The predicted octanol–water partition coefficient (Wildman–Crippen LogP) is 3.62. The second-order valence-electron chi connectivity index (χ2n) is 4.51. The van der Waals surface area contributed by atoms with Gasteiger partial charge in [0.25, 0.3) is 5.91 Å². The molecule has 0 aliphatic carbocycles. The lowest BCUT2D eigenvalue weighted by molar-refractivity contribution is 0.0760. The summed E-state index contributed by atoms with van der Waals surface area (Å²) in [6, 6.07) is 11.0. The molecule has 0 saturated carbocycles. The number of pyridine rings is 1. The van der Waals surface area contributed by atoms with E-state index in [2.05, 4.69) is 4.98 Å². The van der Waals surface area contributed by atoms with E-state index in [0.717, 1.165) is 17.9 Å². The quantitative estimate of drug-likeness (QED) is 0.849. The second kappa shape index (κ2) is 5.85. The number of carbonyl (C=O) groups excluding carboxylic acids is 1. The molecule has 1 aromatic carbocycles. The van der Waals surface area contributed by atoms with Crippen LogP contribution in [-0.2, 0) is 0 Å². The van der Waals surface area contributed by atoms with Crippen molar-refractivity contribution in [2.75, 3.05) is 12.3 Å². The van der Waals surface area contributed by atoms with E-state index in [1.54, 1.807) is 42.2 Å². The zero-order chi connectivity index (χ0) is 13.9. The van der Waals surface area contributed by atoms with Crippen LogP contribution < -0.4 is 0 Å². The number of amides is 1. The van der Waals surface area contributed by atoms with E-state index < -0.39 is 0 Å². The third kappa shape index (κ3) is 2.67. The number of hydrogen-bond acceptors (Lipinski definition) is 3. The van der Waals surface area contributed by atoms with Crippen LogP contribution >= 0.6 is 23.4 Å². The lowest BCUT2D eigenvalue weighted by Gasteiger charge is -2.24. The first-order valence-corrected chi connectivity index (χ1v) is 7.76. The molecule has 102 valence electrons. The molecule has 3 rings (SSSR count). The zero-order valence-electron chi connectivity index (χ0n) is 10.7. The molecular formula is C15H13ClN2OS. The maximum Gasteiger partial charge on any atom is 0.255 e. The fourth-order valence-corrected chi connectivity index (χ4v) is 3.60. The predicted molar refractivity (Wildman–Crippen MR) is 81.9 cm³/mol. The highest BCUT2D eigenvalue weighted by Crippen LogP contribution is 2.38. The topological polar surface area (TPSA) is 33.2 Å². The Morgan fingerprint density at radius 3 is 2.80 bits per heavy atom. The Bertz CT molecular complexity index is 603. The van der Waals surface area contributed by atoms with Crippen molar-refractivity contribution < 1.29 is 4.79 Å². The van der Waals surface area contributed by atoms with Crippen molar-refractivity contribution in [3.05, 3.63) is 64.9 Å². The van der Waals surface area contributed by atoms with Crippen LogP contribution in [0.2, 0.25) is 5.02 Å². The van der Waals surface area contributed by atoms with E-state index in [1.807, 2.05) is 23.2 Å². The van der Waals surface area contributed by atoms with E-state index in [4.69, 9.17) is 11.6 Å². The van der Waals surface area contributed by atoms with Crippen molar-refractivity contribution in [1.29, 1.82) is 0 Å². The summed E-state index contributed by atoms with van der Waals surface area (Å²) in [5.41, 5.74) is 1.74. The van der Waals surface area contributed by atoms with Gasteiger partial charge in [-0.3, -0.25) is 9.78 Å². The van der Waals surface area contributed by atoms with Crippen molar-refractivity contribution in [2.24, 2.45) is 0 Å². The molecule has 0 N–H and O–H groups in total. The first kappa shape index (κ1) is 13.5. The maximum absolute atomic E-state index is 12.6. The second-order valence-corrected chi connectivity index (χ2v) is 6.14. The minimum Gasteiger partial charge on any atom is -0.322 e. The number of aromatic nitrogens is 1. The van der Waals surface area contributed by atoms with Crippen LogP contribution in [0.4, 0.5) is 0 Å². The third-order valence-corrected chi connectivity index (χ3v) is 4.73. The molecule has 2 heterocycles. The molecule has 1 aliphatic rings. The summed E-state index contributed by atoms with van der Waals surface area (Å²) < 4.78 is 0. The normalized spacial score (nSPS) is 18.2. The van der Waals surface area contributed by atoms with Crippen LogP contribution in [0.5, 0.6) is 0 Å². The summed E-state index contributed by atoms with van der Waals surface area (Å²) >= 11 is 7.63. The van der Waals surface area contributed by atoms with Crippen LogP contribution in [0.25, 0.3) is 0 Å². The Morgan fingerprint density at radius 2 is 2.10 bits per heavy atom. The van der Waals surface area contributed by atoms with Gasteiger partial charge in [0.1, 0.15) is 5.37 Å². The number of nitrogens with zero attached hydrogens (tertiary/aromatic N) is 2. The Kier molecular flexibility index (Phi) is 3.94. The molecule has 20 heavy (non-hydrogen) atoms. The molecule has 0 radical (unpaired) electrons. The Hall–Kier alpha value is -1.52. The fourth-order valence-electron chi connectivity index (χ4n) is 2.23. The van der Waals surface area contributed by atoms with Gasteiger partial charge in [-0.2, -0.15) is 0 Å². The SMILES string of the molecule is O=C(c1ccc(Cl)cc1)N1CCS[C@@H]1c1cccnc1. The summed E-state index contributed by atoms with van der Waals surface area (Å²) in [6.45, 7) is 0.756. The number of thioether (sulfide) groups is 1. The molecule has 2 aromatic rings. The average molecular weight is 305 g/mol. The van der Waals surface area contributed by atoms with Gasteiger partial charge in [-0.1, -0.05) is 17.7 Å². The molecule has 1 aromatic heterocycles. The van der Waals surface area contributed by atoms with Crippen molar-refractivity contribution in [3.8, 4) is 0 Å². The van der Waals surface area contributed by atoms with Crippen molar-refractivity contribution in [1.82, 2.24) is 9.88 Å². The Morgan fingerprint density at radius 1 is 1.30 bits per heavy atom. The lowest BCUT2D eigenvalue weighted by atomic mass is 10.2. The fraction of sp³-hybridized carbons (Fsp3) is 0.200. The van der Waals surface area contributed by atoms with Crippen molar-refractivity contribution in [2.45, 2.75) is 5.37 Å². The monoisotopic (exact) mass is 304 g/mol. The smallest absolute Gasteiger partial charge is 0.255 e. The van der Waals surface area contributed by atoms with Gasteiger partial charge in [0.15, 0.2) is 0 Å². The largest absolute Gasteiger partial charge is 0.322 e. The van der Waals surface area contributed by atoms with Gasteiger partial charge in [-0.15, -0.1) is 11.8 Å². The van der Waals surface area contributed by atoms with Gasteiger partial charge in [0, 0.05) is 40.8 Å². The molecule has 3 nitrogen and oxygen atoms in total. The minimum atomic E-state index is 0.0421. The summed E-state index contributed by atoms with van der Waals surface area (Å²) in [5, 5.41) is 0.688. The lowest BCUT2D eigenvalue weighted by Crippen LogP contribution is -2.30. The van der Waals surface area contributed by atoms with Gasteiger partial charge in [-0.25, -0.2) is 0 Å². The molecule has 1 amide bonds. The molecule has 0 spiro atoms. The molecule has 1 saturated heterocycles. The van der Waals surface area contributed by atoms with E-state index in [-0.39, 0.29) is 11.3 Å². The Balaban J connectivity index is 1.85. The first-order valence-electron chi connectivity index (χ1n) is 6.34. The molecule has 1 aliphatic heterocycles. The van der Waals surface area contributed by atoms with E-state index in [9.17, 15) is 4.79 Å². The highest BCUT2D eigenvalue weighted by Gasteiger charge is 2.31. The number of rotatable bonds is 2. The van der Waals surface area contributed by atoms with E-state index in [1.165, 1.54) is 0 Å². The first-order chi connectivity index (χ1) is 9.75. The molecule has 5 heteroatoms. The van der Waals surface area contributed by atoms with Gasteiger partial charge in [0.05, 0.1) is 0 Å². The van der Waals surface area contributed by atoms with Gasteiger partial charge in [0.2, 0.25) is 0 Å².